The van der Waals surface area contributed by atoms with Crippen molar-refractivity contribution in [2.24, 2.45) is 0 Å². The zero-order valence-corrected chi connectivity index (χ0v) is 12.3. The molecule has 0 amide bonds. The molecule has 1 N–H and O–H groups in total. The van der Waals surface area contributed by atoms with E-state index in [1.165, 1.54) is 5.56 Å². The molecule has 1 saturated heterocycles. The third-order valence-electron chi connectivity index (χ3n) is 3.55. The van der Waals surface area contributed by atoms with Gasteiger partial charge in [-0.15, -0.1) is 0 Å². The van der Waals surface area contributed by atoms with E-state index in [4.69, 9.17) is 16.3 Å². The Balaban J connectivity index is 1.62. The van der Waals surface area contributed by atoms with Crippen LogP contribution in [-0.2, 0) is 11.2 Å². The number of likely N-dealkylation sites (N-methyl/N-ethyl adjacent to an activating group) is 1. The average molecular weight is 283 g/mol. The van der Waals surface area contributed by atoms with Crippen LogP contribution in [0.2, 0.25) is 5.02 Å². The summed E-state index contributed by atoms with van der Waals surface area (Å²) in [6.07, 6.45) is 1.36. The first-order valence-corrected chi connectivity index (χ1v) is 7.45. The van der Waals surface area contributed by atoms with Gasteiger partial charge in [0.05, 0.1) is 12.7 Å². The second-order valence-electron chi connectivity index (χ2n) is 4.97. The molecule has 0 aliphatic carbocycles. The summed E-state index contributed by atoms with van der Waals surface area (Å²) in [6.45, 7) is 8.21. The summed E-state index contributed by atoms with van der Waals surface area (Å²) in [7, 11) is 0. The van der Waals surface area contributed by atoms with E-state index < -0.39 is 0 Å². The van der Waals surface area contributed by atoms with Crippen molar-refractivity contribution in [3.8, 4) is 0 Å². The van der Waals surface area contributed by atoms with Crippen LogP contribution in [0.4, 0.5) is 0 Å². The number of rotatable bonds is 6. The van der Waals surface area contributed by atoms with Crippen LogP contribution in [0.1, 0.15) is 12.5 Å². The lowest BCUT2D eigenvalue weighted by Gasteiger charge is -2.32. The van der Waals surface area contributed by atoms with Gasteiger partial charge in [0.2, 0.25) is 0 Å². The fourth-order valence-corrected chi connectivity index (χ4v) is 2.46. The molecule has 1 aliphatic rings. The molecule has 0 aromatic heterocycles. The van der Waals surface area contributed by atoms with E-state index >= 15 is 0 Å². The normalized spacial score (nSPS) is 20.6. The van der Waals surface area contributed by atoms with Gasteiger partial charge in [-0.25, -0.2) is 0 Å². The lowest BCUT2D eigenvalue weighted by molar-refractivity contribution is -0.0251. The maximum absolute atomic E-state index is 5.87. The first-order valence-electron chi connectivity index (χ1n) is 7.07. The lowest BCUT2D eigenvalue weighted by Crippen LogP contribution is -2.46. The van der Waals surface area contributed by atoms with Crippen molar-refractivity contribution in [1.82, 2.24) is 10.2 Å². The highest BCUT2D eigenvalue weighted by Gasteiger charge is 2.18. The Kier molecular flexibility index (Phi) is 6.11. The summed E-state index contributed by atoms with van der Waals surface area (Å²) in [4.78, 5) is 2.44. The topological polar surface area (TPSA) is 24.5 Å². The van der Waals surface area contributed by atoms with Crippen molar-refractivity contribution in [1.29, 1.82) is 0 Å². The molecule has 2 rings (SSSR count). The van der Waals surface area contributed by atoms with Gasteiger partial charge in [-0.1, -0.05) is 30.7 Å². The summed E-state index contributed by atoms with van der Waals surface area (Å²) in [5, 5.41) is 4.28. The van der Waals surface area contributed by atoms with E-state index in [0.29, 0.717) is 6.10 Å². The quantitative estimate of drug-likeness (QED) is 0.810. The number of halogens is 1. The molecule has 1 aromatic carbocycles. The minimum atomic E-state index is 0.332. The second kappa shape index (κ2) is 7.85. The summed E-state index contributed by atoms with van der Waals surface area (Å²) in [5.74, 6) is 0. The molecule has 3 nitrogen and oxygen atoms in total. The molecule has 0 bridgehead atoms. The largest absolute Gasteiger partial charge is 0.374 e. The summed E-state index contributed by atoms with van der Waals surface area (Å²) < 4.78 is 5.76. The van der Waals surface area contributed by atoms with Gasteiger partial charge in [0.15, 0.2) is 0 Å². The van der Waals surface area contributed by atoms with Crippen LogP contribution in [0.3, 0.4) is 0 Å². The summed E-state index contributed by atoms with van der Waals surface area (Å²) >= 11 is 5.87. The number of ether oxygens (including phenoxy) is 1. The maximum Gasteiger partial charge on any atom is 0.0826 e. The fraction of sp³-hybridized carbons (Fsp3) is 0.600. The van der Waals surface area contributed by atoms with Crippen LogP contribution in [0.25, 0.3) is 0 Å². The van der Waals surface area contributed by atoms with Crippen molar-refractivity contribution < 1.29 is 4.74 Å². The van der Waals surface area contributed by atoms with E-state index in [2.05, 4.69) is 29.3 Å². The van der Waals surface area contributed by atoms with E-state index in [9.17, 15) is 0 Å². The number of benzene rings is 1. The van der Waals surface area contributed by atoms with E-state index in [0.717, 1.165) is 50.8 Å². The van der Waals surface area contributed by atoms with Crippen LogP contribution in [0.5, 0.6) is 0 Å². The van der Waals surface area contributed by atoms with Gasteiger partial charge in [-0.05, 0) is 37.2 Å². The van der Waals surface area contributed by atoms with Gasteiger partial charge in [0.25, 0.3) is 0 Å². The lowest BCUT2D eigenvalue weighted by atomic mass is 10.1. The zero-order chi connectivity index (χ0) is 13.5. The van der Waals surface area contributed by atoms with Crippen LogP contribution in [0.15, 0.2) is 24.3 Å². The molecule has 19 heavy (non-hydrogen) atoms. The number of nitrogens with one attached hydrogen (secondary N) is 1. The molecule has 1 atom stereocenters. The molecule has 1 heterocycles. The van der Waals surface area contributed by atoms with Crippen molar-refractivity contribution in [3.63, 3.8) is 0 Å². The van der Waals surface area contributed by atoms with Crippen molar-refractivity contribution in [2.45, 2.75) is 19.4 Å². The van der Waals surface area contributed by atoms with E-state index in [-0.39, 0.29) is 0 Å². The van der Waals surface area contributed by atoms with Gasteiger partial charge < -0.3 is 10.1 Å². The smallest absolute Gasteiger partial charge is 0.0826 e. The fourth-order valence-electron chi connectivity index (χ4n) is 2.34. The van der Waals surface area contributed by atoms with Gasteiger partial charge in [0.1, 0.15) is 0 Å². The van der Waals surface area contributed by atoms with Crippen LogP contribution < -0.4 is 5.32 Å². The van der Waals surface area contributed by atoms with Crippen LogP contribution in [0, 0.1) is 0 Å². The summed E-state index contributed by atoms with van der Waals surface area (Å²) in [6, 6.07) is 8.06. The SMILES string of the molecule is CCN1CCOC(CNCCc2ccc(Cl)cc2)C1. The molecule has 1 aromatic rings. The predicted octanol–water partition coefficient (Wildman–Crippen LogP) is 2.19. The van der Waals surface area contributed by atoms with Crippen molar-refractivity contribution >= 4 is 11.6 Å². The monoisotopic (exact) mass is 282 g/mol. The van der Waals surface area contributed by atoms with E-state index in [1.807, 2.05) is 12.1 Å². The summed E-state index contributed by atoms with van der Waals surface area (Å²) in [5.41, 5.74) is 1.32. The molecule has 1 unspecified atom stereocenters. The zero-order valence-electron chi connectivity index (χ0n) is 11.6. The van der Waals surface area contributed by atoms with Gasteiger partial charge in [-0.3, -0.25) is 4.90 Å². The Morgan fingerprint density at radius 3 is 2.89 bits per heavy atom. The molecular weight excluding hydrogens is 260 g/mol. The third kappa shape index (κ3) is 5.11. The molecule has 106 valence electrons. The molecule has 4 heteroatoms. The molecule has 1 aliphatic heterocycles. The van der Waals surface area contributed by atoms with Gasteiger partial charge in [-0.2, -0.15) is 0 Å². The first kappa shape index (κ1) is 14.8. The minimum Gasteiger partial charge on any atom is -0.374 e. The number of hydrogen-bond donors (Lipinski definition) is 1. The highest BCUT2D eigenvalue weighted by Crippen LogP contribution is 2.09. The van der Waals surface area contributed by atoms with Crippen molar-refractivity contribution in [3.05, 3.63) is 34.9 Å². The van der Waals surface area contributed by atoms with E-state index in [1.54, 1.807) is 0 Å². The highest BCUT2D eigenvalue weighted by molar-refractivity contribution is 6.30. The first-order chi connectivity index (χ1) is 9.28. The molecule has 1 fully saturated rings. The second-order valence-corrected chi connectivity index (χ2v) is 5.40. The molecule has 0 radical (unpaired) electrons. The average Bonchev–Trinajstić information content (AvgIpc) is 2.46. The molecule has 0 spiro atoms. The Morgan fingerprint density at radius 2 is 2.16 bits per heavy atom. The molecule has 0 saturated carbocycles. The third-order valence-corrected chi connectivity index (χ3v) is 3.80. The number of morpholine rings is 1. The number of hydrogen-bond acceptors (Lipinski definition) is 3. The Bertz CT molecular complexity index is 369. The highest BCUT2D eigenvalue weighted by atomic mass is 35.5. The van der Waals surface area contributed by atoms with Crippen LogP contribution >= 0.6 is 11.6 Å². The predicted molar refractivity (Wildman–Crippen MR) is 79.9 cm³/mol. The van der Waals surface area contributed by atoms with Crippen LogP contribution in [-0.4, -0.2) is 50.3 Å². The number of nitrogens with zero attached hydrogens (tertiary/aromatic N) is 1. The van der Waals surface area contributed by atoms with Crippen molar-refractivity contribution in [2.75, 3.05) is 39.3 Å². The Hall–Kier alpha value is -0.610. The van der Waals surface area contributed by atoms with Gasteiger partial charge in [0, 0.05) is 24.7 Å². The standard InChI is InChI=1S/C15H23ClN2O/c1-2-18-9-10-19-15(12-18)11-17-8-7-13-3-5-14(16)6-4-13/h3-6,15,17H,2,7-12H2,1H3. The Morgan fingerprint density at radius 1 is 1.37 bits per heavy atom. The maximum atomic E-state index is 5.87. The van der Waals surface area contributed by atoms with Gasteiger partial charge >= 0.3 is 0 Å². The Labute approximate surface area is 120 Å². The minimum absolute atomic E-state index is 0.332. The molecular formula is C15H23ClN2O.